The van der Waals surface area contributed by atoms with E-state index in [0.717, 1.165) is 12.3 Å². The maximum absolute atomic E-state index is 12.6. The normalized spacial score (nSPS) is 28.5. The van der Waals surface area contributed by atoms with Crippen LogP contribution in [-0.4, -0.2) is 56.4 Å². The highest BCUT2D eigenvalue weighted by molar-refractivity contribution is 14.0. The third kappa shape index (κ3) is 5.65. The SMILES string of the molecule is CN=C(NC1CCN(S(=O)(=O)C(F)(F)F)CC1)NC1CC1C1CCCCC1.I. The summed E-state index contributed by atoms with van der Waals surface area (Å²) in [5.74, 6) is 2.16. The van der Waals surface area contributed by atoms with E-state index in [2.05, 4.69) is 15.6 Å². The fourth-order valence-electron chi connectivity index (χ4n) is 4.39. The molecule has 0 aromatic heterocycles. The van der Waals surface area contributed by atoms with Crippen LogP contribution in [0.3, 0.4) is 0 Å². The highest BCUT2D eigenvalue weighted by Crippen LogP contribution is 2.44. The van der Waals surface area contributed by atoms with Crippen molar-refractivity contribution < 1.29 is 21.6 Å². The van der Waals surface area contributed by atoms with Crippen molar-refractivity contribution in [2.75, 3.05) is 20.1 Å². The number of rotatable bonds is 4. The molecule has 164 valence electrons. The van der Waals surface area contributed by atoms with Crippen molar-refractivity contribution in [3.8, 4) is 0 Å². The zero-order valence-corrected chi connectivity index (χ0v) is 19.2. The summed E-state index contributed by atoms with van der Waals surface area (Å²) in [4.78, 5) is 4.23. The first-order valence-corrected chi connectivity index (χ1v) is 11.2. The van der Waals surface area contributed by atoms with E-state index in [9.17, 15) is 21.6 Å². The predicted molar refractivity (Wildman–Crippen MR) is 113 cm³/mol. The first-order valence-electron chi connectivity index (χ1n) is 9.78. The van der Waals surface area contributed by atoms with Crippen LogP contribution in [0.25, 0.3) is 0 Å². The van der Waals surface area contributed by atoms with E-state index in [1.54, 1.807) is 7.05 Å². The van der Waals surface area contributed by atoms with Gasteiger partial charge in [0.15, 0.2) is 5.96 Å². The minimum Gasteiger partial charge on any atom is -0.354 e. The van der Waals surface area contributed by atoms with Crippen molar-refractivity contribution in [2.24, 2.45) is 16.8 Å². The number of guanidine groups is 1. The minimum atomic E-state index is -5.23. The second kappa shape index (κ2) is 9.67. The summed E-state index contributed by atoms with van der Waals surface area (Å²) >= 11 is 0. The first-order chi connectivity index (χ1) is 12.7. The van der Waals surface area contributed by atoms with E-state index < -0.39 is 15.5 Å². The van der Waals surface area contributed by atoms with Crippen LogP contribution < -0.4 is 10.6 Å². The van der Waals surface area contributed by atoms with Gasteiger partial charge in [-0.1, -0.05) is 32.1 Å². The van der Waals surface area contributed by atoms with Crippen LogP contribution in [0.2, 0.25) is 0 Å². The van der Waals surface area contributed by atoms with Crippen molar-refractivity contribution in [1.82, 2.24) is 14.9 Å². The van der Waals surface area contributed by atoms with Gasteiger partial charge >= 0.3 is 15.5 Å². The van der Waals surface area contributed by atoms with Crippen LogP contribution in [0.5, 0.6) is 0 Å². The maximum atomic E-state index is 12.6. The van der Waals surface area contributed by atoms with Gasteiger partial charge in [-0.05, 0) is 31.1 Å². The minimum absolute atomic E-state index is 0. The van der Waals surface area contributed by atoms with Crippen LogP contribution in [0.15, 0.2) is 4.99 Å². The monoisotopic (exact) mass is 538 g/mol. The van der Waals surface area contributed by atoms with E-state index >= 15 is 0 Å². The Labute approximate surface area is 182 Å². The molecular weight excluding hydrogens is 508 g/mol. The summed E-state index contributed by atoms with van der Waals surface area (Å²) < 4.78 is 61.4. The molecule has 3 rings (SSSR count). The fraction of sp³-hybridized carbons (Fsp3) is 0.941. The van der Waals surface area contributed by atoms with Gasteiger partial charge in [0.2, 0.25) is 0 Å². The molecule has 0 bridgehead atoms. The Morgan fingerprint density at radius 3 is 2.18 bits per heavy atom. The second-order valence-electron chi connectivity index (χ2n) is 7.89. The molecule has 1 aliphatic heterocycles. The number of hydrogen-bond donors (Lipinski definition) is 2. The molecule has 0 aromatic rings. The van der Waals surface area contributed by atoms with Gasteiger partial charge in [-0.15, -0.1) is 24.0 Å². The lowest BCUT2D eigenvalue weighted by Crippen LogP contribution is -2.52. The Kier molecular flexibility index (Phi) is 8.28. The molecule has 2 saturated carbocycles. The van der Waals surface area contributed by atoms with Gasteiger partial charge in [0.25, 0.3) is 0 Å². The molecule has 2 unspecified atom stereocenters. The standard InChI is InChI=1S/C17H29F3N4O2S.HI/c1-21-16(23-15-11-14(15)12-5-3-2-4-6-12)22-13-7-9-24(10-8-13)27(25,26)17(18,19)20;/h12-15H,2-11H2,1H3,(H2,21,22,23);1H. The fourth-order valence-corrected chi connectivity index (χ4v) is 5.37. The maximum Gasteiger partial charge on any atom is 0.511 e. The van der Waals surface area contributed by atoms with Crippen molar-refractivity contribution in [3.63, 3.8) is 0 Å². The van der Waals surface area contributed by atoms with Gasteiger partial charge < -0.3 is 10.6 Å². The van der Waals surface area contributed by atoms with Crippen molar-refractivity contribution in [1.29, 1.82) is 0 Å². The Hall–Kier alpha value is -0.300. The number of halogens is 4. The van der Waals surface area contributed by atoms with Crippen molar-refractivity contribution in [2.45, 2.75) is 69.0 Å². The summed E-state index contributed by atoms with van der Waals surface area (Å²) in [5, 5.41) is 6.68. The number of aliphatic imine (C=N–C) groups is 1. The van der Waals surface area contributed by atoms with Gasteiger partial charge in [0.05, 0.1) is 0 Å². The summed E-state index contributed by atoms with van der Waals surface area (Å²) in [6.07, 6.45) is 8.39. The molecule has 2 aliphatic carbocycles. The predicted octanol–water partition coefficient (Wildman–Crippen LogP) is 3.05. The quantitative estimate of drug-likeness (QED) is 0.328. The highest BCUT2D eigenvalue weighted by atomic mass is 127. The molecule has 3 fully saturated rings. The smallest absolute Gasteiger partial charge is 0.354 e. The molecule has 0 radical (unpaired) electrons. The second-order valence-corrected chi connectivity index (χ2v) is 9.82. The molecular formula is C17H30F3IN4O2S. The van der Waals surface area contributed by atoms with Crippen LogP contribution in [-0.2, 0) is 10.0 Å². The lowest BCUT2D eigenvalue weighted by molar-refractivity contribution is -0.0494. The number of sulfonamides is 1. The molecule has 6 nitrogen and oxygen atoms in total. The lowest BCUT2D eigenvalue weighted by atomic mass is 9.85. The number of piperidine rings is 1. The molecule has 3 aliphatic rings. The Morgan fingerprint density at radius 1 is 1.04 bits per heavy atom. The van der Waals surface area contributed by atoms with Crippen molar-refractivity contribution >= 4 is 40.0 Å². The number of nitrogens with one attached hydrogen (secondary N) is 2. The molecule has 0 amide bonds. The van der Waals surface area contributed by atoms with E-state index in [1.807, 2.05) is 0 Å². The zero-order chi connectivity index (χ0) is 19.7. The molecule has 11 heteroatoms. The van der Waals surface area contributed by atoms with E-state index in [4.69, 9.17) is 0 Å². The van der Waals surface area contributed by atoms with Crippen LogP contribution in [0.4, 0.5) is 13.2 Å². The van der Waals surface area contributed by atoms with Gasteiger partial charge in [-0.2, -0.15) is 17.5 Å². The summed E-state index contributed by atoms with van der Waals surface area (Å²) in [6, 6.07) is 0.341. The average Bonchev–Trinajstić information content (AvgIpc) is 3.40. The molecule has 1 saturated heterocycles. The van der Waals surface area contributed by atoms with Crippen molar-refractivity contribution in [3.05, 3.63) is 0 Å². The third-order valence-electron chi connectivity index (χ3n) is 6.07. The van der Waals surface area contributed by atoms with E-state index in [-0.39, 0.29) is 43.1 Å². The Morgan fingerprint density at radius 2 is 1.64 bits per heavy atom. The van der Waals surface area contributed by atoms with Gasteiger partial charge in [0, 0.05) is 32.2 Å². The van der Waals surface area contributed by atoms with E-state index in [1.165, 1.54) is 32.1 Å². The van der Waals surface area contributed by atoms with Gasteiger partial charge in [-0.25, -0.2) is 8.42 Å². The largest absolute Gasteiger partial charge is 0.511 e. The average molecular weight is 538 g/mol. The first kappa shape index (κ1) is 24.0. The topological polar surface area (TPSA) is 73.8 Å². The van der Waals surface area contributed by atoms with Gasteiger partial charge in [0.1, 0.15) is 0 Å². The number of alkyl halides is 3. The molecule has 0 spiro atoms. The van der Waals surface area contributed by atoms with Crippen LogP contribution in [0.1, 0.15) is 51.4 Å². The summed E-state index contributed by atoms with van der Waals surface area (Å²) in [7, 11) is -3.55. The zero-order valence-electron chi connectivity index (χ0n) is 16.0. The van der Waals surface area contributed by atoms with Crippen LogP contribution in [0, 0.1) is 11.8 Å². The number of nitrogens with zero attached hydrogens (tertiary/aromatic N) is 2. The third-order valence-corrected chi connectivity index (χ3v) is 7.70. The molecule has 2 N–H and O–H groups in total. The summed E-state index contributed by atoms with van der Waals surface area (Å²) in [6.45, 7) is -0.269. The summed E-state index contributed by atoms with van der Waals surface area (Å²) in [5.41, 5.74) is -5.23. The number of hydrogen-bond acceptors (Lipinski definition) is 3. The molecule has 2 atom stereocenters. The molecule has 0 aromatic carbocycles. The van der Waals surface area contributed by atoms with Gasteiger partial charge in [-0.3, -0.25) is 4.99 Å². The Bertz CT molecular complexity index is 645. The molecule has 28 heavy (non-hydrogen) atoms. The Balaban J connectivity index is 0.00000280. The molecule has 1 heterocycles. The van der Waals surface area contributed by atoms with Crippen LogP contribution >= 0.6 is 24.0 Å². The lowest BCUT2D eigenvalue weighted by Gasteiger charge is -2.32. The van der Waals surface area contributed by atoms with E-state index in [0.29, 0.717) is 35.1 Å². The highest BCUT2D eigenvalue weighted by Gasteiger charge is 2.50.